The Morgan fingerprint density at radius 1 is 1.25 bits per heavy atom. The predicted molar refractivity (Wildman–Crippen MR) is 92.5 cm³/mol. The average Bonchev–Trinajstić information content (AvgIpc) is 3.32. The van der Waals surface area contributed by atoms with Gasteiger partial charge in [-0.05, 0) is 31.9 Å². The van der Waals surface area contributed by atoms with Crippen LogP contribution in [0.1, 0.15) is 36.1 Å². The van der Waals surface area contributed by atoms with Crippen LogP contribution in [0.25, 0.3) is 5.69 Å². The zero-order valence-electron chi connectivity index (χ0n) is 13.3. The van der Waals surface area contributed by atoms with Gasteiger partial charge in [0.2, 0.25) is 0 Å². The number of hydrogen-bond donors (Lipinski definition) is 1. The molecule has 0 saturated heterocycles. The highest BCUT2D eigenvalue weighted by atomic mass is 32.2. The zero-order valence-corrected chi connectivity index (χ0v) is 14.1. The van der Waals surface area contributed by atoms with E-state index in [1.54, 1.807) is 0 Å². The molecule has 1 aliphatic rings. The van der Waals surface area contributed by atoms with E-state index >= 15 is 0 Å². The molecule has 0 amide bonds. The minimum Gasteiger partial charge on any atom is -0.310 e. The van der Waals surface area contributed by atoms with Crippen LogP contribution in [0.5, 0.6) is 0 Å². The van der Waals surface area contributed by atoms with Gasteiger partial charge in [-0.2, -0.15) is 0 Å². The number of benzene rings is 1. The lowest BCUT2D eigenvalue weighted by Crippen LogP contribution is -2.10. The standard InChI is InChI=1S/C17H17N5OS/c1-11-9-15(23)19-14(18-11)10-24-17-21-20-16(12-7-8-12)22(17)13-5-3-2-4-6-13/h2-6,9,12H,7-8,10H2,1H3,(H,18,19,23). The SMILES string of the molecule is Cc1cc(=O)[nH]c(CSc2nnc(C3CC3)n2-c2ccccc2)n1. The maximum absolute atomic E-state index is 11.6. The van der Waals surface area contributed by atoms with E-state index in [0.717, 1.165) is 22.4 Å². The van der Waals surface area contributed by atoms with Gasteiger partial charge in [-0.3, -0.25) is 9.36 Å². The normalized spacial score (nSPS) is 14.0. The molecule has 1 aliphatic carbocycles. The van der Waals surface area contributed by atoms with Gasteiger partial charge in [-0.1, -0.05) is 30.0 Å². The van der Waals surface area contributed by atoms with E-state index < -0.39 is 0 Å². The molecule has 2 heterocycles. The van der Waals surface area contributed by atoms with Crippen LogP contribution >= 0.6 is 11.8 Å². The third-order valence-electron chi connectivity index (χ3n) is 3.87. The summed E-state index contributed by atoms with van der Waals surface area (Å²) in [7, 11) is 0. The summed E-state index contributed by atoms with van der Waals surface area (Å²) in [6.45, 7) is 1.82. The van der Waals surface area contributed by atoms with E-state index in [2.05, 4.69) is 36.9 Å². The number of thioether (sulfide) groups is 1. The number of aromatic amines is 1. The third kappa shape index (κ3) is 3.12. The van der Waals surface area contributed by atoms with Crippen molar-refractivity contribution in [2.24, 2.45) is 0 Å². The van der Waals surface area contributed by atoms with Crippen LogP contribution in [0.2, 0.25) is 0 Å². The second-order valence-electron chi connectivity index (χ2n) is 5.91. The van der Waals surface area contributed by atoms with E-state index in [4.69, 9.17) is 0 Å². The minimum atomic E-state index is -0.124. The molecule has 0 aliphatic heterocycles. The van der Waals surface area contributed by atoms with Crippen LogP contribution in [0.3, 0.4) is 0 Å². The number of hydrogen-bond acceptors (Lipinski definition) is 5. The number of rotatable bonds is 5. The maximum atomic E-state index is 11.6. The van der Waals surface area contributed by atoms with Crippen LogP contribution in [0.15, 0.2) is 46.3 Å². The predicted octanol–water partition coefficient (Wildman–Crippen LogP) is 2.83. The molecule has 7 heteroatoms. The number of nitrogens with zero attached hydrogens (tertiary/aromatic N) is 4. The lowest BCUT2D eigenvalue weighted by Gasteiger charge is -2.09. The summed E-state index contributed by atoms with van der Waals surface area (Å²) in [5.41, 5.74) is 1.66. The van der Waals surface area contributed by atoms with Crippen molar-refractivity contribution in [2.45, 2.75) is 36.6 Å². The Morgan fingerprint density at radius 3 is 2.75 bits per heavy atom. The van der Waals surface area contributed by atoms with E-state index in [1.165, 1.54) is 30.7 Å². The summed E-state index contributed by atoms with van der Waals surface area (Å²) >= 11 is 1.54. The molecule has 1 saturated carbocycles. The second-order valence-corrected chi connectivity index (χ2v) is 6.85. The Labute approximate surface area is 143 Å². The highest BCUT2D eigenvalue weighted by molar-refractivity contribution is 7.98. The van der Waals surface area contributed by atoms with E-state index in [-0.39, 0.29) is 5.56 Å². The van der Waals surface area contributed by atoms with Crippen molar-refractivity contribution < 1.29 is 0 Å². The molecule has 1 N–H and O–H groups in total. The van der Waals surface area contributed by atoms with Gasteiger partial charge in [0.1, 0.15) is 11.6 Å². The number of para-hydroxylation sites is 1. The fourth-order valence-corrected chi connectivity index (χ4v) is 3.47. The summed E-state index contributed by atoms with van der Waals surface area (Å²) < 4.78 is 2.12. The molecule has 4 rings (SSSR count). The highest BCUT2D eigenvalue weighted by Gasteiger charge is 2.31. The van der Waals surface area contributed by atoms with Crippen molar-refractivity contribution in [2.75, 3.05) is 0 Å². The van der Waals surface area contributed by atoms with Crippen molar-refractivity contribution in [3.05, 3.63) is 64.1 Å². The van der Waals surface area contributed by atoms with Gasteiger partial charge in [0, 0.05) is 23.4 Å². The Kier molecular flexibility index (Phi) is 3.93. The van der Waals surface area contributed by atoms with Crippen LogP contribution < -0.4 is 5.56 Å². The number of nitrogens with one attached hydrogen (secondary N) is 1. The lowest BCUT2D eigenvalue weighted by atomic mass is 10.3. The number of aromatic nitrogens is 5. The quantitative estimate of drug-likeness (QED) is 0.723. The highest BCUT2D eigenvalue weighted by Crippen LogP contribution is 2.41. The van der Waals surface area contributed by atoms with Crippen molar-refractivity contribution in [1.82, 2.24) is 24.7 Å². The van der Waals surface area contributed by atoms with E-state index in [0.29, 0.717) is 17.5 Å². The lowest BCUT2D eigenvalue weighted by molar-refractivity contribution is 0.828. The number of H-pyrrole nitrogens is 1. The first-order valence-corrected chi connectivity index (χ1v) is 8.89. The number of aryl methyl sites for hydroxylation is 1. The van der Waals surface area contributed by atoms with Gasteiger partial charge >= 0.3 is 0 Å². The summed E-state index contributed by atoms with van der Waals surface area (Å²) in [6, 6.07) is 11.6. The van der Waals surface area contributed by atoms with Crippen molar-refractivity contribution in [3.8, 4) is 5.69 Å². The molecule has 0 radical (unpaired) electrons. The third-order valence-corrected chi connectivity index (χ3v) is 4.81. The molecule has 24 heavy (non-hydrogen) atoms. The largest absolute Gasteiger partial charge is 0.310 e. The van der Waals surface area contributed by atoms with Gasteiger partial charge in [0.25, 0.3) is 5.56 Å². The van der Waals surface area contributed by atoms with Gasteiger partial charge in [-0.25, -0.2) is 4.98 Å². The first-order valence-electron chi connectivity index (χ1n) is 7.91. The molecule has 1 aromatic carbocycles. The fraction of sp³-hybridized carbons (Fsp3) is 0.294. The van der Waals surface area contributed by atoms with Crippen LogP contribution in [0, 0.1) is 6.92 Å². The van der Waals surface area contributed by atoms with Crippen LogP contribution in [-0.2, 0) is 5.75 Å². The molecular weight excluding hydrogens is 322 g/mol. The molecule has 0 bridgehead atoms. The van der Waals surface area contributed by atoms with Gasteiger partial charge in [0.05, 0.1) is 5.75 Å². The zero-order chi connectivity index (χ0) is 16.5. The van der Waals surface area contributed by atoms with Crippen molar-refractivity contribution in [3.63, 3.8) is 0 Å². The fourth-order valence-electron chi connectivity index (χ4n) is 2.64. The molecule has 3 aromatic rings. The van der Waals surface area contributed by atoms with E-state index in [9.17, 15) is 4.79 Å². The van der Waals surface area contributed by atoms with Gasteiger partial charge < -0.3 is 4.98 Å². The summed E-state index contributed by atoms with van der Waals surface area (Å²) in [5.74, 6) is 2.73. The van der Waals surface area contributed by atoms with Crippen LogP contribution in [0.4, 0.5) is 0 Å². The first kappa shape index (κ1) is 15.1. The molecule has 6 nitrogen and oxygen atoms in total. The van der Waals surface area contributed by atoms with Gasteiger partial charge in [0.15, 0.2) is 5.16 Å². The average molecular weight is 339 g/mol. The molecule has 2 aromatic heterocycles. The topological polar surface area (TPSA) is 76.5 Å². The smallest absolute Gasteiger partial charge is 0.251 e. The second kappa shape index (κ2) is 6.24. The Balaban J connectivity index is 1.64. The first-order chi connectivity index (χ1) is 11.7. The monoisotopic (exact) mass is 339 g/mol. The molecule has 0 unspecified atom stereocenters. The molecular formula is C17H17N5OS. The Morgan fingerprint density at radius 2 is 2.04 bits per heavy atom. The Hall–Kier alpha value is -2.41. The Bertz CT molecular complexity index is 914. The molecule has 122 valence electrons. The minimum absolute atomic E-state index is 0.124. The molecule has 1 fully saturated rings. The summed E-state index contributed by atoms with van der Waals surface area (Å²) in [6.07, 6.45) is 2.34. The van der Waals surface area contributed by atoms with E-state index in [1.807, 2.05) is 25.1 Å². The van der Waals surface area contributed by atoms with Crippen molar-refractivity contribution >= 4 is 11.8 Å². The molecule has 0 atom stereocenters. The van der Waals surface area contributed by atoms with Crippen molar-refractivity contribution in [1.29, 1.82) is 0 Å². The summed E-state index contributed by atoms with van der Waals surface area (Å²) in [5, 5.41) is 9.60. The maximum Gasteiger partial charge on any atom is 0.251 e. The van der Waals surface area contributed by atoms with Gasteiger partial charge in [-0.15, -0.1) is 10.2 Å². The summed E-state index contributed by atoms with van der Waals surface area (Å²) in [4.78, 5) is 18.7. The molecule has 0 spiro atoms. The van der Waals surface area contributed by atoms with Crippen LogP contribution in [-0.4, -0.2) is 24.7 Å².